The molecule has 0 fully saturated rings. The maximum Gasteiger partial charge on any atom is 0.0897 e. The standard InChI is InChI=1S/C27H35N3S/c31-20-14-8-6-4-2-1-3-5-7-9-15-23-21-26(24-16-10-12-18-28-24)30-27(22-23)25-17-11-13-19-29-25/h10-13,16-19,21-22,31H,1-9,14-15,20H2. The number of rotatable bonds is 14. The molecule has 3 rings (SSSR count). The molecule has 0 aromatic carbocycles. The zero-order valence-corrected chi connectivity index (χ0v) is 19.4. The molecule has 0 saturated carbocycles. The van der Waals surface area contributed by atoms with Gasteiger partial charge in [0.2, 0.25) is 0 Å². The molecule has 0 N–H and O–H groups in total. The molecule has 0 radical (unpaired) electrons. The van der Waals surface area contributed by atoms with E-state index in [4.69, 9.17) is 4.98 Å². The second-order valence-electron chi connectivity index (χ2n) is 8.18. The van der Waals surface area contributed by atoms with Gasteiger partial charge in [-0.1, -0.05) is 63.5 Å². The Bertz CT molecular complexity index is 810. The molecule has 4 heteroatoms. The predicted molar refractivity (Wildman–Crippen MR) is 134 cm³/mol. The number of thiol groups is 1. The van der Waals surface area contributed by atoms with E-state index in [1.54, 1.807) is 0 Å². The number of hydrogen-bond donors (Lipinski definition) is 1. The first-order valence-electron chi connectivity index (χ1n) is 11.8. The van der Waals surface area contributed by atoms with Crippen molar-refractivity contribution in [1.82, 2.24) is 15.0 Å². The second-order valence-corrected chi connectivity index (χ2v) is 8.63. The third kappa shape index (κ3) is 8.45. The number of pyridine rings is 3. The highest BCUT2D eigenvalue weighted by atomic mass is 32.1. The van der Waals surface area contributed by atoms with Gasteiger partial charge in [0, 0.05) is 12.4 Å². The van der Waals surface area contributed by atoms with E-state index in [0.29, 0.717) is 0 Å². The minimum absolute atomic E-state index is 0.913. The average Bonchev–Trinajstić information content (AvgIpc) is 2.83. The van der Waals surface area contributed by atoms with Gasteiger partial charge in [-0.05, 0) is 67.0 Å². The van der Waals surface area contributed by atoms with E-state index in [2.05, 4.69) is 34.7 Å². The second kappa shape index (κ2) is 14.0. The van der Waals surface area contributed by atoms with Crippen LogP contribution in [0.15, 0.2) is 60.9 Å². The molecule has 3 nitrogen and oxygen atoms in total. The van der Waals surface area contributed by atoms with Crippen LogP contribution in [0.25, 0.3) is 22.8 Å². The summed E-state index contributed by atoms with van der Waals surface area (Å²) in [6.07, 6.45) is 18.1. The third-order valence-electron chi connectivity index (χ3n) is 5.61. The van der Waals surface area contributed by atoms with Crippen molar-refractivity contribution in [3.63, 3.8) is 0 Å². The normalized spacial score (nSPS) is 11.0. The Labute approximate surface area is 193 Å². The molecular formula is C27H35N3S. The molecule has 0 amide bonds. The van der Waals surface area contributed by atoms with Crippen LogP contribution in [-0.4, -0.2) is 20.7 Å². The molecule has 31 heavy (non-hydrogen) atoms. The summed E-state index contributed by atoms with van der Waals surface area (Å²) in [4.78, 5) is 13.8. The maximum atomic E-state index is 4.85. The molecule has 0 bridgehead atoms. The van der Waals surface area contributed by atoms with Crippen LogP contribution in [-0.2, 0) is 6.42 Å². The number of nitrogens with zero attached hydrogens (tertiary/aromatic N) is 3. The zero-order valence-electron chi connectivity index (χ0n) is 18.5. The van der Waals surface area contributed by atoms with Crippen LogP contribution in [0.4, 0.5) is 0 Å². The monoisotopic (exact) mass is 433 g/mol. The average molecular weight is 434 g/mol. The fourth-order valence-electron chi connectivity index (χ4n) is 3.88. The lowest BCUT2D eigenvalue weighted by Gasteiger charge is -2.09. The van der Waals surface area contributed by atoms with Crippen molar-refractivity contribution in [3.05, 3.63) is 66.5 Å². The van der Waals surface area contributed by atoms with E-state index >= 15 is 0 Å². The summed E-state index contributed by atoms with van der Waals surface area (Å²) < 4.78 is 0. The lowest BCUT2D eigenvalue weighted by Crippen LogP contribution is -1.96. The van der Waals surface area contributed by atoms with Crippen LogP contribution in [0.1, 0.15) is 69.8 Å². The Morgan fingerprint density at radius 1 is 0.548 bits per heavy atom. The summed E-state index contributed by atoms with van der Waals surface area (Å²) in [6, 6.07) is 16.3. The van der Waals surface area contributed by atoms with Crippen molar-refractivity contribution in [2.75, 3.05) is 5.75 Å². The molecule has 0 aliphatic heterocycles. The van der Waals surface area contributed by atoms with E-state index in [9.17, 15) is 0 Å². The smallest absolute Gasteiger partial charge is 0.0897 e. The number of aryl methyl sites for hydroxylation is 1. The Morgan fingerprint density at radius 3 is 1.48 bits per heavy atom. The van der Waals surface area contributed by atoms with Crippen molar-refractivity contribution in [2.45, 2.75) is 70.6 Å². The van der Waals surface area contributed by atoms with Crippen LogP contribution in [0.2, 0.25) is 0 Å². The number of unbranched alkanes of at least 4 members (excludes halogenated alkanes) is 9. The molecule has 3 heterocycles. The van der Waals surface area contributed by atoms with Crippen LogP contribution in [0, 0.1) is 0 Å². The summed E-state index contributed by atoms with van der Waals surface area (Å²) >= 11 is 4.28. The molecule has 0 atom stereocenters. The first kappa shape index (κ1) is 23.5. The lowest BCUT2D eigenvalue weighted by molar-refractivity contribution is 0.557. The van der Waals surface area contributed by atoms with Gasteiger partial charge in [-0.15, -0.1) is 0 Å². The summed E-state index contributed by atoms with van der Waals surface area (Å²) in [5, 5.41) is 0. The highest BCUT2D eigenvalue weighted by Crippen LogP contribution is 2.24. The topological polar surface area (TPSA) is 38.7 Å². The largest absolute Gasteiger partial charge is 0.255 e. The minimum Gasteiger partial charge on any atom is -0.255 e. The summed E-state index contributed by atoms with van der Waals surface area (Å²) in [7, 11) is 0. The maximum absolute atomic E-state index is 4.85. The van der Waals surface area contributed by atoms with E-state index in [1.165, 1.54) is 69.8 Å². The lowest BCUT2D eigenvalue weighted by atomic mass is 10.0. The van der Waals surface area contributed by atoms with Crippen molar-refractivity contribution >= 4 is 12.6 Å². The fraction of sp³-hybridized carbons (Fsp3) is 0.444. The fourth-order valence-corrected chi connectivity index (χ4v) is 4.10. The van der Waals surface area contributed by atoms with Gasteiger partial charge in [-0.2, -0.15) is 12.6 Å². The first-order chi connectivity index (χ1) is 15.4. The minimum atomic E-state index is 0.913. The van der Waals surface area contributed by atoms with Crippen molar-refractivity contribution < 1.29 is 0 Å². The molecule has 3 aromatic rings. The SMILES string of the molecule is SCCCCCCCCCCCCc1cc(-c2ccccn2)nc(-c2ccccn2)c1. The number of hydrogen-bond acceptors (Lipinski definition) is 4. The molecule has 3 aromatic heterocycles. The summed E-state index contributed by atoms with van der Waals surface area (Å²) in [5.74, 6) is 1.03. The van der Waals surface area contributed by atoms with Crippen molar-refractivity contribution in [3.8, 4) is 22.8 Å². The Balaban J connectivity index is 1.50. The van der Waals surface area contributed by atoms with Gasteiger partial charge in [0.05, 0.1) is 22.8 Å². The van der Waals surface area contributed by atoms with Gasteiger partial charge >= 0.3 is 0 Å². The predicted octanol–water partition coefficient (Wildman–Crippen LogP) is 7.58. The molecule has 164 valence electrons. The van der Waals surface area contributed by atoms with Gasteiger partial charge in [-0.25, -0.2) is 4.98 Å². The Hall–Kier alpha value is -2.20. The van der Waals surface area contributed by atoms with Crippen LogP contribution < -0.4 is 0 Å². The van der Waals surface area contributed by atoms with Crippen molar-refractivity contribution in [2.24, 2.45) is 0 Å². The van der Waals surface area contributed by atoms with Gasteiger partial charge < -0.3 is 0 Å². The molecule has 0 spiro atoms. The van der Waals surface area contributed by atoms with E-state index < -0.39 is 0 Å². The quantitative estimate of drug-likeness (QED) is 0.210. The van der Waals surface area contributed by atoms with E-state index in [-0.39, 0.29) is 0 Å². The molecule has 0 aliphatic rings. The van der Waals surface area contributed by atoms with Gasteiger partial charge in [0.1, 0.15) is 0 Å². The van der Waals surface area contributed by atoms with Gasteiger partial charge in [0.25, 0.3) is 0 Å². The zero-order chi connectivity index (χ0) is 21.6. The van der Waals surface area contributed by atoms with Crippen LogP contribution in [0.5, 0.6) is 0 Å². The van der Waals surface area contributed by atoms with Crippen molar-refractivity contribution in [1.29, 1.82) is 0 Å². The Morgan fingerprint density at radius 2 is 1.03 bits per heavy atom. The van der Waals surface area contributed by atoms with E-state index in [1.807, 2.05) is 48.8 Å². The van der Waals surface area contributed by atoms with Crippen LogP contribution in [0.3, 0.4) is 0 Å². The molecular weight excluding hydrogens is 398 g/mol. The summed E-state index contributed by atoms with van der Waals surface area (Å²) in [5.41, 5.74) is 5.00. The van der Waals surface area contributed by atoms with Gasteiger partial charge in [0.15, 0.2) is 0 Å². The molecule has 0 saturated heterocycles. The third-order valence-corrected chi connectivity index (χ3v) is 5.93. The summed E-state index contributed by atoms with van der Waals surface area (Å²) in [6.45, 7) is 0. The highest BCUT2D eigenvalue weighted by Gasteiger charge is 2.09. The molecule has 0 aliphatic carbocycles. The Kier molecular flexibility index (Phi) is 10.6. The molecule has 0 unspecified atom stereocenters. The first-order valence-corrected chi connectivity index (χ1v) is 12.4. The van der Waals surface area contributed by atoms with Crippen LogP contribution >= 0.6 is 12.6 Å². The highest BCUT2D eigenvalue weighted by molar-refractivity contribution is 7.80. The number of aromatic nitrogens is 3. The van der Waals surface area contributed by atoms with Gasteiger partial charge in [-0.3, -0.25) is 9.97 Å². The van der Waals surface area contributed by atoms with E-state index in [0.717, 1.165) is 34.9 Å².